The van der Waals surface area contributed by atoms with Crippen LogP contribution < -0.4 is 0 Å². The first kappa shape index (κ1) is 14.7. The van der Waals surface area contributed by atoms with Crippen LogP contribution in [0.15, 0.2) is 18.3 Å². The van der Waals surface area contributed by atoms with Gasteiger partial charge in [0.1, 0.15) is 5.82 Å². The van der Waals surface area contributed by atoms with Gasteiger partial charge in [0, 0.05) is 19.2 Å². The van der Waals surface area contributed by atoms with Crippen LogP contribution in [0.2, 0.25) is 0 Å². The molecule has 108 valence electrons. The van der Waals surface area contributed by atoms with E-state index in [4.69, 9.17) is 0 Å². The molecule has 1 heterocycles. The lowest BCUT2D eigenvalue weighted by molar-refractivity contribution is 0.560. The van der Waals surface area contributed by atoms with Gasteiger partial charge in [0.15, 0.2) is 0 Å². The van der Waals surface area contributed by atoms with Crippen LogP contribution in [-0.4, -0.2) is 15.0 Å². The number of benzene rings is 1. The minimum Gasteiger partial charge on any atom is -0.253 e. The Kier molecular flexibility index (Phi) is 4.53. The van der Waals surface area contributed by atoms with Gasteiger partial charge >= 0.3 is 0 Å². The summed E-state index contributed by atoms with van der Waals surface area (Å²) in [4.78, 5) is 0. The van der Waals surface area contributed by atoms with E-state index in [9.17, 15) is 4.39 Å². The van der Waals surface area contributed by atoms with Crippen LogP contribution in [-0.2, 0) is 13.0 Å². The molecule has 0 spiro atoms. The summed E-state index contributed by atoms with van der Waals surface area (Å²) in [6, 6.07) is 3.61. The van der Waals surface area contributed by atoms with Gasteiger partial charge in [-0.2, -0.15) is 0 Å². The molecular formula is C16H22FN3. The van der Waals surface area contributed by atoms with Crippen molar-refractivity contribution in [1.82, 2.24) is 15.0 Å². The van der Waals surface area contributed by atoms with Crippen molar-refractivity contribution in [2.24, 2.45) is 0 Å². The van der Waals surface area contributed by atoms with Crippen LogP contribution in [0.4, 0.5) is 4.39 Å². The summed E-state index contributed by atoms with van der Waals surface area (Å²) < 4.78 is 16.0. The van der Waals surface area contributed by atoms with Crippen molar-refractivity contribution in [2.45, 2.75) is 53.0 Å². The topological polar surface area (TPSA) is 30.7 Å². The highest BCUT2D eigenvalue weighted by Gasteiger charge is 2.17. The van der Waals surface area contributed by atoms with Gasteiger partial charge in [-0.3, -0.25) is 4.68 Å². The lowest BCUT2D eigenvalue weighted by Crippen LogP contribution is -2.06. The predicted molar refractivity (Wildman–Crippen MR) is 78.3 cm³/mol. The quantitative estimate of drug-likeness (QED) is 0.831. The normalized spacial score (nSPS) is 12.7. The number of hydrogen-bond acceptors (Lipinski definition) is 2. The maximum atomic E-state index is 14.2. The summed E-state index contributed by atoms with van der Waals surface area (Å²) in [7, 11) is 0. The molecular weight excluding hydrogens is 253 g/mol. The van der Waals surface area contributed by atoms with E-state index in [-0.39, 0.29) is 11.7 Å². The zero-order valence-electron chi connectivity index (χ0n) is 12.7. The third-order valence-electron chi connectivity index (χ3n) is 3.91. The molecule has 2 aromatic rings. The average molecular weight is 275 g/mol. The van der Waals surface area contributed by atoms with Crippen LogP contribution in [0.5, 0.6) is 0 Å². The molecule has 0 fully saturated rings. The van der Waals surface area contributed by atoms with Gasteiger partial charge in [0.05, 0.1) is 5.69 Å². The fourth-order valence-electron chi connectivity index (χ4n) is 2.43. The largest absolute Gasteiger partial charge is 0.253 e. The lowest BCUT2D eigenvalue weighted by Gasteiger charge is -2.16. The molecule has 2 rings (SSSR count). The second kappa shape index (κ2) is 6.16. The van der Waals surface area contributed by atoms with E-state index >= 15 is 0 Å². The molecule has 20 heavy (non-hydrogen) atoms. The predicted octanol–water partition coefficient (Wildman–Crippen LogP) is 3.79. The second-order valence-corrected chi connectivity index (χ2v) is 5.33. The summed E-state index contributed by atoms with van der Waals surface area (Å²) in [5, 5.41) is 8.20. The Balaban J connectivity index is 2.26. The minimum absolute atomic E-state index is 0.108. The summed E-state index contributed by atoms with van der Waals surface area (Å²) in [5.74, 6) is 0.0409. The molecule has 0 aliphatic heterocycles. The van der Waals surface area contributed by atoms with E-state index < -0.39 is 0 Å². The number of aryl methyl sites for hydroxylation is 3. The fourth-order valence-corrected chi connectivity index (χ4v) is 2.43. The highest BCUT2D eigenvalue weighted by Crippen LogP contribution is 2.28. The molecule has 0 aliphatic rings. The second-order valence-electron chi connectivity index (χ2n) is 5.33. The Hall–Kier alpha value is -1.71. The Bertz CT molecular complexity index is 589. The standard InChI is InChI=1S/C16H22FN3/c1-5-13(9-14-10-20(6-2)19-18-14)15-7-11(3)12(4)8-16(15)17/h7-8,10,13H,5-6,9H2,1-4H3. The summed E-state index contributed by atoms with van der Waals surface area (Å²) in [5.41, 5.74) is 3.85. The van der Waals surface area contributed by atoms with Gasteiger partial charge in [-0.15, -0.1) is 5.10 Å². The molecule has 0 saturated heterocycles. The number of aromatic nitrogens is 3. The van der Waals surface area contributed by atoms with E-state index in [1.807, 2.05) is 33.0 Å². The first-order valence-corrected chi connectivity index (χ1v) is 7.20. The minimum atomic E-state index is -0.108. The van der Waals surface area contributed by atoms with Crippen molar-refractivity contribution < 1.29 is 4.39 Å². The van der Waals surface area contributed by atoms with Crippen LogP contribution in [0, 0.1) is 19.7 Å². The van der Waals surface area contributed by atoms with E-state index in [1.54, 1.807) is 10.7 Å². The van der Waals surface area contributed by atoms with Crippen molar-refractivity contribution in [3.8, 4) is 0 Å². The van der Waals surface area contributed by atoms with Gasteiger partial charge in [-0.1, -0.05) is 18.2 Å². The third kappa shape index (κ3) is 3.06. The molecule has 1 aromatic heterocycles. The number of nitrogens with zero attached hydrogens (tertiary/aromatic N) is 3. The Morgan fingerprint density at radius 1 is 1.20 bits per heavy atom. The Morgan fingerprint density at radius 2 is 1.90 bits per heavy atom. The Morgan fingerprint density at radius 3 is 2.50 bits per heavy atom. The Labute approximate surface area is 119 Å². The number of hydrogen-bond donors (Lipinski definition) is 0. The summed E-state index contributed by atoms with van der Waals surface area (Å²) >= 11 is 0. The molecule has 0 bridgehead atoms. The zero-order chi connectivity index (χ0) is 14.7. The van der Waals surface area contributed by atoms with E-state index in [0.29, 0.717) is 0 Å². The molecule has 0 N–H and O–H groups in total. The van der Waals surface area contributed by atoms with Crippen molar-refractivity contribution in [3.05, 3.63) is 46.5 Å². The van der Waals surface area contributed by atoms with Crippen molar-refractivity contribution >= 4 is 0 Å². The van der Waals surface area contributed by atoms with Crippen molar-refractivity contribution in [2.75, 3.05) is 0 Å². The van der Waals surface area contributed by atoms with Gasteiger partial charge < -0.3 is 0 Å². The maximum Gasteiger partial charge on any atom is 0.126 e. The van der Waals surface area contributed by atoms with Crippen LogP contribution in [0.25, 0.3) is 0 Å². The van der Waals surface area contributed by atoms with Gasteiger partial charge in [0.25, 0.3) is 0 Å². The van der Waals surface area contributed by atoms with Gasteiger partial charge in [0.2, 0.25) is 0 Å². The first-order chi connectivity index (χ1) is 9.55. The van der Waals surface area contributed by atoms with Gasteiger partial charge in [-0.05, 0) is 55.9 Å². The number of rotatable bonds is 5. The molecule has 0 amide bonds. The first-order valence-electron chi connectivity index (χ1n) is 7.20. The highest BCUT2D eigenvalue weighted by molar-refractivity contribution is 5.34. The lowest BCUT2D eigenvalue weighted by atomic mass is 9.89. The van der Waals surface area contributed by atoms with E-state index in [1.165, 1.54) is 0 Å². The summed E-state index contributed by atoms with van der Waals surface area (Å²) in [6.07, 6.45) is 3.57. The number of halogens is 1. The molecule has 1 unspecified atom stereocenters. The monoisotopic (exact) mass is 275 g/mol. The SMILES string of the molecule is CCC(Cc1cn(CC)nn1)c1cc(C)c(C)cc1F. The molecule has 1 atom stereocenters. The van der Waals surface area contributed by atoms with Crippen molar-refractivity contribution in [3.63, 3.8) is 0 Å². The summed E-state index contributed by atoms with van der Waals surface area (Å²) in [6.45, 7) is 8.89. The van der Waals surface area contributed by atoms with E-state index in [2.05, 4.69) is 17.2 Å². The van der Waals surface area contributed by atoms with Gasteiger partial charge in [-0.25, -0.2) is 4.39 Å². The third-order valence-corrected chi connectivity index (χ3v) is 3.91. The molecule has 4 heteroatoms. The van der Waals surface area contributed by atoms with E-state index in [0.717, 1.165) is 41.8 Å². The smallest absolute Gasteiger partial charge is 0.126 e. The van der Waals surface area contributed by atoms with Crippen molar-refractivity contribution in [1.29, 1.82) is 0 Å². The van der Waals surface area contributed by atoms with Crippen LogP contribution in [0.1, 0.15) is 48.6 Å². The zero-order valence-corrected chi connectivity index (χ0v) is 12.7. The molecule has 0 aliphatic carbocycles. The maximum absolute atomic E-state index is 14.2. The fraction of sp³-hybridized carbons (Fsp3) is 0.500. The molecule has 1 aromatic carbocycles. The molecule has 3 nitrogen and oxygen atoms in total. The van der Waals surface area contributed by atoms with Crippen LogP contribution in [0.3, 0.4) is 0 Å². The average Bonchev–Trinajstić information content (AvgIpc) is 2.88. The molecule has 0 saturated carbocycles. The molecule has 0 radical (unpaired) electrons. The highest BCUT2D eigenvalue weighted by atomic mass is 19.1. The van der Waals surface area contributed by atoms with Crippen LogP contribution >= 0.6 is 0 Å².